The molecule has 2 unspecified atom stereocenters. The van der Waals surface area contributed by atoms with Crippen molar-refractivity contribution in [3.63, 3.8) is 0 Å². The van der Waals surface area contributed by atoms with Gasteiger partial charge < -0.3 is 16.0 Å². The largest absolute Gasteiger partial charge is 0.389 e. The van der Waals surface area contributed by atoms with E-state index >= 15 is 0 Å². The highest BCUT2D eigenvalue weighted by atomic mass is 32.1. The molecule has 2 fully saturated rings. The van der Waals surface area contributed by atoms with E-state index in [0.717, 1.165) is 23.3 Å². The fraction of sp³-hybridized carbons (Fsp3) is 0.588. The molecule has 0 saturated carbocycles. The number of hydrogen-bond donors (Lipinski definition) is 2. The maximum absolute atomic E-state index is 5.87. The molecule has 0 aromatic heterocycles. The van der Waals surface area contributed by atoms with Crippen molar-refractivity contribution in [2.24, 2.45) is 5.73 Å². The summed E-state index contributed by atoms with van der Waals surface area (Å²) < 4.78 is 0. The predicted octanol–water partition coefficient (Wildman–Crippen LogP) is 3.06. The molecule has 3 N–H and O–H groups in total. The summed E-state index contributed by atoms with van der Waals surface area (Å²) in [6, 6.07) is 8.27. The molecule has 2 saturated heterocycles. The van der Waals surface area contributed by atoms with Crippen molar-refractivity contribution >= 4 is 22.9 Å². The van der Waals surface area contributed by atoms with Gasteiger partial charge in [0, 0.05) is 29.4 Å². The van der Waals surface area contributed by atoms with E-state index in [1.54, 1.807) is 0 Å². The molecule has 2 aliphatic rings. The van der Waals surface area contributed by atoms with Crippen LogP contribution in [0.2, 0.25) is 0 Å². The molecule has 21 heavy (non-hydrogen) atoms. The SMILES string of the molecule is Cc1ccc(C(N)=S)c(NC2CC3CCCC(C2)N3C)c1. The van der Waals surface area contributed by atoms with Crippen LogP contribution in [-0.4, -0.2) is 35.1 Å². The number of aryl methyl sites for hydroxylation is 1. The highest BCUT2D eigenvalue weighted by Crippen LogP contribution is 2.34. The molecule has 0 spiro atoms. The monoisotopic (exact) mass is 303 g/mol. The summed E-state index contributed by atoms with van der Waals surface area (Å²) in [5, 5.41) is 3.73. The third-order valence-electron chi connectivity index (χ3n) is 5.14. The van der Waals surface area contributed by atoms with Crippen molar-refractivity contribution in [3.8, 4) is 0 Å². The first kappa shape index (κ1) is 14.8. The summed E-state index contributed by atoms with van der Waals surface area (Å²) in [5.74, 6) is 0. The van der Waals surface area contributed by atoms with Crippen LogP contribution in [0.4, 0.5) is 5.69 Å². The number of rotatable bonds is 3. The maximum Gasteiger partial charge on any atom is 0.106 e. The molecule has 1 aromatic rings. The van der Waals surface area contributed by atoms with E-state index in [1.165, 1.54) is 37.7 Å². The average Bonchev–Trinajstić information content (AvgIpc) is 2.39. The Hall–Kier alpha value is -1.13. The molecule has 2 atom stereocenters. The van der Waals surface area contributed by atoms with Crippen molar-refractivity contribution in [1.82, 2.24) is 4.90 Å². The minimum absolute atomic E-state index is 0.477. The van der Waals surface area contributed by atoms with Crippen LogP contribution in [-0.2, 0) is 0 Å². The second-order valence-corrected chi connectivity index (χ2v) is 7.07. The van der Waals surface area contributed by atoms with E-state index in [4.69, 9.17) is 18.0 Å². The molecule has 2 bridgehead atoms. The fourth-order valence-electron chi connectivity index (χ4n) is 3.95. The topological polar surface area (TPSA) is 41.3 Å². The Bertz CT molecular complexity index is 529. The molecule has 0 aliphatic carbocycles. The lowest BCUT2D eigenvalue weighted by Gasteiger charge is -2.47. The third kappa shape index (κ3) is 3.06. The average molecular weight is 303 g/mol. The van der Waals surface area contributed by atoms with E-state index in [2.05, 4.69) is 36.3 Å². The quantitative estimate of drug-likeness (QED) is 0.842. The highest BCUT2D eigenvalue weighted by molar-refractivity contribution is 7.80. The number of nitrogens with zero attached hydrogens (tertiary/aromatic N) is 1. The van der Waals surface area contributed by atoms with Crippen LogP contribution in [0.3, 0.4) is 0 Å². The van der Waals surface area contributed by atoms with Crippen LogP contribution in [0, 0.1) is 6.92 Å². The number of hydrogen-bond acceptors (Lipinski definition) is 3. The van der Waals surface area contributed by atoms with Gasteiger partial charge in [0.2, 0.25) is 0 Å². The molecular weight excluding hydrogens is 278 g/mol. The molecule has 0 amide bonds. The van der Waals surface area contributed by atoms with Crippen molar-refractivity contribution in [3.05, 3.63) is 29.3 Å². The third-order valence-corrected chi connectivity index (χ3v) is 5.36. The lowest BCUT2D eigenvalue weighted by atomic mass is 9.82. The van der Waals surface area contributed by atoms with Crippen molar-refractivity contribution in [2.45, 2.75) is 57.2 Å². The van der Waals surface area contributed by atoms with Gasteiger partial charge in [0.25, 0.3) is 0 Å². The fourth-order valence-corrected chi connectivity index (χ4v) is 4.12. The molecule has 2 heterocycles. The van der Waals surface area contributed by atoms with E-state index < -0.39 is 0 Å². The summed E-state index contributed by atoms with van der Waals surface area (Å²) in [5.41, 5.74) is 9.19. The molecule has 3 nitrogen and oxygen atoms in total. The summed E-state index contributed by atoms with van der Waals surface area (Å²) in [4.78, 5) is 3.07. The van der Waals surface area contributed by atoms with Crippen LogP contribution >= 0.6 is 12.2 Å². The van der Waals surface area contributed by atoms with Crippen molar-refractivity contribution in [1.29, 1.82) is 0 Å². The minimum atomic E-state index is 0.477. The van der Waals surface area contributed by atoms with Crippen LogP contribution in [0.15, 0.2) is 18.2 Å². The number of nitrogens with one attached hydrogen (secondary N) is 1. The van der Waals surface area contributed by atoms with E-state index in [-0.39, 0.29) is 0 Å². The van der Waals surface area contributed by atoms with Crippen LogP contribution < -0.4 is 11.1 Å². The van der Waals surface area contributed by atoms with Gasteiger partial charge in [0.1, 0.15) is 4.99 Å². The Morgan fingerprint density at radius 3 is 2.57 bits per heavy atom. The van der Waals surface area contributed by atoms with Crippen molar-refractivity contribution < 1.29 is 0 Å². The van der Waals surface area contributed by atoms with Gasteiger partial charge in [-0.1, -0.05) is 24.7 Å². The number of nitrogens with two attached hydrogens (primary N) is 1. The maximum atomic E-state index is 5.87. The summed E-state index contributed by atoms with van der Waals surface area (Å²) >= 11 is 5.19. The molecule has 1 aromatic carbocycles. The van der Waals surface area contributed by atoms with Crippen LogP contribution in [0.5, 0.6) is 0 Å². The Labute approximate surface area is 132 Å². The summed E-state index contributed by atoms with van der Waals surface area (Å²) in [6.07, 6.45) is 6.49. The molecule has 3 rings (SSSR count). The van der Waals surface area contributed by atoms with Crippen LogP contribution in [0.25, 0.3) is 0 Å². The molecule has 4 heteroatoms. The Morgan fingerprint density at radius 2 is 1.95 bits per heavy atom. The van der Waals surface area contributed by atoms with Gasteiger partial charge >= 0.3 is 0 Å². The number of fused-ring (bicyclic) bond motifs is 2. The van der Waals surface area contributed by atoms with E-state index in [0.29, 0.717) is 11.0 Å². The summed E-state index contributed by atoms with van der Waals surface area (Å²) in [6.45, 7) is 2.11. The lowest BCUT2D eigenvalue weighted by Crippen LogP contribution is -2.52. The summed E-state index contributed by atoms with van der Waals surface area (Å²) in [7, 11) is 2.29. The Kier molecular flexibility index (Phi) is 4.18. The number of anilines is 1. The first-order valence-corrected chi connectivity index (χ1v) is 8.34. The van der Waals surface area contributed by atoms with E-state index in [1.807, 2.05) is 6.07 Å². The minimum Gasteiger partial charge on any atom is -0.389 e. The first-order chi connectivity index (χ1) is 10.0. The number of piperidine rings is 2. The number of benzene rings is 1. The zero-order valence-electron chi connectivity index (χ0n) is 12.9. The molecule has 2 aliphatic heterocycles. The van der Waals surface area contributed by atoms with Gasteiger partial charge in [0.05, 0.1) is 0 Å². The van der Waals surface area contributed by atoms with Gasteiger partial charge in [-0.2, -0.15) is 0 Å². The van der Waals surface area contributed by atoms with Gasteiger partial charge in [-0.3, -0.25) is 0 Å². The normalized spacial score (nSPS) is 29.1. The Balaban J connectivity index is 1.78. The second-order valence-electron chi connectivity index (χ2n) is 6.63. The van der Waals surface area contributed by atoms with Gasteiger partial charge in [-0.15, -0.1) is 0 Å². The predicted molar refractivity (Wildman–Crippen MR) is 92.9 cm³/mol. The lowest BCUT2D eigenvalue weighted by molar-refractivity contribution is 0.0608. The van der Waals surface area contributed by atoms with E-state index in [9.17, 15) is 0 Å². The highest BCUT2D eigenvalue weighted by Gasteiger charge is 2.36. The zero-order valence-corrected chi connectivity index (χ0v) is 13.7. The van der Waals surface area contributed by atoms with Gasteiger partial charge in [-0.05, 0) is 57.4 Å². The smallest absolute Gasteiger partial charge is 0.106 e. The molecule has 0 radical (unpaired) electrons. The van der Waals surface area contributed by atoms with Crippen molar-refractivity contribution in [2.75, 3.05) is 12.4 Å². The first-order valence-electron chi connectivity index (χ1n) is 7.93. The van der Waals surface area contributed by atoms with Crippen LogP contribution in [0.1, 0.15) is 43.2 Å². The second kappa shape index (κ2) is 5.93. The van der Waals surface area contributed by atoms with Gasteiger partial charge in [0.15, 0.2) is 0 Å². The molecule has 114 valence electrons. The number of thiocarbonyl (C=S) groups is 1. The Morgan fingerprint density at radius 1 is 1.29 bits per heavy atom. The zero-order chi connectivity index (χ0) is 15.0. The molecular formula is C17H25N3S. The van der Waals surface area contributed by atoms with Gasteiger partial charge in [-0.25, -0.2) is 0 Å². The standard InChI is InChI=1S/C17H25N3S/c1-11-6-7-15(17(18)21)16(8-11)19-12-9-13-4-3-5-14(10-12)20(13)2/h6-8,12-14,19H,3-5,9-10H2,1-2H3,(H2,18,21).